The summed E-state index contributed by atoms with van der Waals surface area (Å²) in [4.78, 5) is 15.0. The zero-order valence-electron chi connectivity index (χ0n) is 15.7. The van der Waals surface area contributed by atoms with E-state index in [2.05, 4.69) is 23.2 Å². The van der Waals surface area contributed by atoms with Gasteiger partial charge in [-0.1, -0.05) is 6.07 Å². The molecule has 3 aromatic rings. The van der Waals surface area contributed by atoms with Crippen molar-refractivity contribution in [1.29, 1.82) is 0 Å². The van der Waals surface area contributed by atoms with E-state index in [-0.39, 0.29) is 5.63 Å². The van der Waals surface area contributed by atoms with Gasteiger partial charge < -0.3 is 24.1 Å². The molecular formula is C22H22N2O4. The standard InChI is InChI=1S/C22H22N2O4/c1-14-13-24(7-6-23-14)17-4-2-16-10-18(22(25)28-20(16)12-17)15-3-5-19-21(11-15)27-9-8-26-19/h2-5,10-12,14,23H,6-9,13H2,1H3. The third kappa shape index (κ3) is 3.10. The first kappa shape index (κ1) is 17.1. The molecule has 0 bridgehead atoms. The van der Waals surface area contributed by atoms with Crippen molar-refractivity contribution in [1.82, 2.24) is 5.32 Å². The lowest BCUT2D eigenvalue weighted by molar-refractivity contribution is 0.171. The van der Waals surface area contributed by atoms with E-state index in [0.717, 1.165) is 36.3 Å². The number of ether oxygens (including phenoxy) is 2. The van der Waals surface area contributed by atoms with E-state index in [4.69, 9.17) is 13.9 Å². The highest BCUT2D eigenvalue weighted by molar-refractivity contribution is 5.85. The summed E-state index contributed by atoms with van der Waals surface area (Å²) in [5, 5.41) is 4.34. The Bertz CT molecular complexity index is 1090. The second-order valence-electron chi connectivity index (χ2n) is 7.33. The molecule has 1 N–H and O–H groups in total. The van der Waals surface area contributed by atoms with Gasteiger partial charge in [0.2, 0.25) is 0 Å². The van der Waals surface area contributed by atoms with Crippen LogP contribution in [0.5, 0.6) is 11.5 Å². The summed E-state index contributed by atoms with van der Waals surface area (Å²) in [6.07, 6.45) is 0. The third-order valence-electron chi connectivity index (χ3n) is 5.31. The third-order valence-corrected chi connectivity index (χ3v) is 5.31. The highest BCUT2D eigenvalue weighted by Gasteiger charge is 2.18. The van der Waals surface area contributed by atoms with Gasteiger partial charge >= 0.3 is 5.63 Å². The number of piperazine rings is 1. The van der Waals surface area contributed by atoms with Crippen LogP contribution in [-0.2, 0) is 0 Å². The molecule has 1 saturated heterocycles. The number of benzene rings is 2. The van der Waals surface area contributed by atoms with Crippen LogP contribution < -0.4 is 25.3 Å². The topological polar surface area (TPSA) is 63.9 Å². The van der Waals surface area contributed by atoms with E-state index in [9.17, 15) is 4.79 Å². The minimum absolute atomic E-state index is 0.352. The monoisotopic (exact) mass is 378 g/mol. The van der Waals surface area contributed by atoms with Crippen molar-refractivity contribution in [2.24, 2.45) is 0 Å². The largest absolute Gasteiger partial charge is 0.486 e. The molecule has 5 rings (SSSR count). The SMILES string of the molecule is CC1CN(c2ccc3cc(-c4ccc5c(c4)OCCO5)c(=O)oc3c2)CCN1. The van der Waals surface area contributed by atoms with Gasteiger partial charge in [-0.25, -0.2) is 4.79 Å². The van der Waals surface area contributed by atoms with Crippen LogP contribution >= 0.6 is 0 Å². The van der Waals surface area contributed by atoms with Crippen molar-refractivity contribution in [3.05, 3.63) is 52.9 Å². The van der Waals surface area contributed by atoms with Crippen molar-refractivity contribution in [3.8, 4) is 22.6 Å². The van der Waals surface area contributed by atoms with Crippen LogP contribution in [-0.4, -0.2) is 38.9 Å². The number of fused-ring (bicyclic) bond motifs is 2. The van der Waals surface area contributed by atoms with Crippen LogP contribution in [0.4, 0.5) is 5.69 Å². The Morgan fingerprint density at radius 3 is 2.75 bits per heavy atom. The summed E-state index contributed by atoms with van der Waals surface area (Å²) in [6, 6.07) is 13.9. The number of hydrogen-bond acceptors (Lipinski definition) is 6. The summed E-state index contributed by atoms with van der Waals surface area (Å²) in [6.45, 7) is 6.05. The van der Waals surface area contributed by atoms with Gasteiger partial charge in [0.1, 0.15) is 18.8 Å². The lowest BCUT2D eigenvalue weighted by Crippen LogP contribution is -2.49. The van der Waals surface area contributed by atoms with Crippen LogP contribution in [0.25, 0.3) is 22.1 Å². The van der Waals surface area contributed by atoms with Gasteiger partial charge in [0.15, 0.2) is 11.5 Å². The number of hydrogen-bond donors (Lipinski definition) is 1. The molecule has 3 heterocycles. The molecule has 1 atom stereocenters. The first-order chi connectivity index (χ1) is 13.7. The summed E-state index contributed by atoms with van der Waals surface area (Å²) < 4.78 is 16.9. The Labute approximate surface area is 162 Å². The smallest absolute Gasteiger partial charge is 0.344 e. The van der Waals surface area contributed by atoms with Gasteiger partial charge in [0.25, 0.3) is 0 Å². The number of nitrogens with zero attached hydrogens (tertiary/aromatic N) is 1. The van der Waals surface area contributed by atoms with Gasteiger partial charge in [0, 0.05) is 42.8 Å². The Balaban J connectivity index is 1.52. The van der Waals surface area contributed by atoms with E-state index in [0.29, 0.717) is 41.9 Å². The zero-order valence-corrected chi connectivity index (χ0v) is 15.7. The molecule has 0 amide bonds. The zero-order chi connectivity index (χ0) is 19.1. The summed E-state index contributed by atoms with van der Waals surface area (Å²) >= 11 is 0. The second-order valence-corrected chi connectivity index (χ2v) is 7.33. The van der Waals surface area contributed by atoms with Gasteiger partial charge in [0.05, 0.1) is 5.56 Å². The molecule has 144 valence electrons. The second kappa shape index (κ2) is 6.87. The first-order valence-electron chi connectivity index (χ1n) is 9.64. The van der Waals surface area contributed by atoms with Gasteiger partial charge in [-0.05, 0) is 42.8 Å². The van der Waals surface area contributed by atoms with E-state index >= 15 is 0 Å². The molecule has 0 saturated carbocycles. The highest BCUT2D eigenvalue weighted by Crippen LogP contribution is 2.34. The number of nitrogens with one attached hydrogen (secondary N) is 1. The number of rotatable bonds is 2. The summed E-state index contributed by atoms with van der Waals surface area (Å²) in [7, 11) is 0. The fourth-order valence-electron chi connectivity index (χ4n) is 3.88. The summed E-state index contributed by atoms with van der Waals surface area (Å²) in [5.41, 5.74) is 2.62. The van der Waals surface area contributed by atoms with Crippen LogP contribution in [0.3, 0.4) is 0 Å². The van der Waals surface area contributed by atoms with Crippen LogP contribution in [0.15, 0.2) is 51.7 Å². The van der Waals surface area contributed by atoms with E-state index in [1.807, 2.05) is 36.4 Å². The Morgan fingerprint density at radius 2 is 1.89 bits per heavy atom. The molecule has 6 nitrogen and oxygen atoms in total. The van der Waals surface area contributed by atoms with Crippen molar-refractivity contribution in [2.75, 3.05) is 37.7 Å². The van der Waals surface area contributed by atoms with Gasteiger partial charge in [-0.15, -0.1) is 0 Å². The van der Waals surface area contributed by atoms with E-state index in [1.165, 1.54) is 0 Å². The minimum atomic E-state index is -0.352. The molecule has 1 aromatic heterocycles. The molecule has 2 aromatic carbocycles. The van der Waals surface area contributed by atoms with E-state index < -0.39 is 0 Å². The Hall–Kier alpha value is -2.99. The molecule has 1 unspecified atom stereocenters. The fraction of sp³-hybridized carbons (Fsp3) is 0.318. The van der Waals surface area contributed by atoms with Crippen LogP contribution in [0.2, 0.25) is 0 Å². The van der Waals surface area contributed by atoms with Crippen molar-refractivity contribution in [2.45, 2.75) is 13.0 Å². The maximum Gasteiger partial charge on any atom is 0.344 e. The van der Waals surface area contributed by atoms with Crippen molar-refractivity contribution in [3.63, 3.8) is 0 Å². The molecule has 2 aliphatic heterocycles. The van der Waals surface area contributed by atoms with Crippen LogP contribution in [0, 0.1) is 0 Å². The average molecular weight is 378 g/mol. The van der Waals surface area contributed by atoms with Gasteiger partial charge in [-0.3, -0.25) is 0 Å². The maximum absolute atomic E-state index is 12.7. The van der Waals surface area contributed by atoms with Crippen molar-refractivity contribution >= 4 is 16.7 Å². The molecule has 1 fully saturated rings. The predicted octanol–water partition coefficient (Wildman–Crippen LogP) is 3.03. The molecule has 2 aliphatic rings. The lowest BCUT2D eigenvalue weighted by Gasteiger charge is -2.33. The molecule has 6 heteroatoms. The molecule has 0 spiro atoms. The molecule has 28 heavy (non-hydrogen) atoms. The van der Waals surface area contributed by atoms with Crippen molar-refractivity contribution < 1.29 is 13.9 Å². The summed E-state index contributed by atoms with van der Waals surface area (Å²) in [5.74, 6) is 1.36. The van der Waals surface area contributed by atoms with E-state index in [1.54, 1.807) is 0 Å². The lowest BCUT2D eigenvalue weighted by atomic mass is 10.0. The number of anilines is 1. The predicted molar refractivity (Wildman–Crippen MR) is 109 cm³/mol. The van der Waals surface area contributed by atoms with Gasteiger partial charge in [-0.2, -0.15) is 0 Å². The fourth-order valence-corrected chi connectivity index (χ4v) is 3.88. The Morgan fingerprint density at radius 1 is 1.04 bits per heavy atom. The highest BCUT2D eigenvalue weighted by atomic mass is 16.6. The maximum atomic E-state index is 12.7. The Kier molecular flexibility index (Phi) is 4.20. The molecule has 0 aliphatic carbocycles. The average Bonchev–Trinajstić information content (AvgIpc) is 2.72. The molecule has 0 radical (unpaired) electrons. The normalized spacial score (nSPS) is 19.0. The quantitative estimate of drug-likeness (QED) is 0.692. The minimum Gasteiger partial charge on any atom is -0.486 e. The first-order valence-corrected chi connectivity index (χ1v) is 9.64. The molecular weight excluding hydrogens is 356 g/mol. The van der Waals surface area contributed by atoms with Crippen LogP contribution in [0.1, 0.15) is 6.92 Å².